The number of likely N-dealkylation sites (N-methyl/N-ethyl adjacent to an activating group) is 1. The number of aromatic nitrogens is 4. The maximum absolute atomic E-state index is 13.4. The number of hydrogen-bond donors (Lipinski definition) is 2. The van der Waals surface area contributed by atoms with Crippen molar-refractivity contribution in [1.82, 2.24) is 19.7 Å². The first-order chi connectivity index (χ1) is 15.3. The molecule has 1 amide bonds. The zero-order valence-electron chi connectivity index (χ0n) is 18.5. The second-order valence-corrected chi connectivity index (χ2v) is 8.00. The van der Waals surface area contributed by atoms with E-state index >= 15 is 0 Å². The second-order valence-electron chi connectivity index (χ2n) is 8.00. The average Bonchev–Trinajstić information content (AvgIpc) is 3.17. The molecule has 1 unspecified atom stereocenters. The summed E-state index contributed by atoms with van der Waals surface area (Å²) in [6.45, 7) is 6.52. The minimum Gasteiger partial charge on any atom is -0.350 e. The summed E-state index contributed by atoms with van der Waals surface area (Å²) in [5.74, 6) is 0.517. The molecule has 1 aliphatic rings. The lowest BCUT2D eigenvalue weighted by atomic mass is 10.2. The number of fused-ring (bicyclic) bond motifs is 1. The van der Waals surface area contributed by atoms with Gasteiger partial charge in [-0.3, -0.25) is 9.48 Å². The van der Waals surface area contributed by atoms with Gasteiger partial charge in [-0.25, -0.2) is 9.37 Å². The Labute approximate surface area is 185 Å². The molecule has 2 N–H and O–H groups in total. The number of benzene rings is 1. The number of halogens is 1. The van der Waals surface area contributed by atoms with Gasteiger partial charge in [0.15, 0.2) is 5.82 Å². The average molecular weight is 439 g/mol. The molecule has 1 atom stereocenters. The van der Waals surface area contributed by atoms with Crippen molar-refractivity contribution >= 4 is 23.4 Å². The molecule has 0 saturated carbocycles. The van der Waals surface area contributed by atoms with E-state index in [2.05, 4.69) is 25.7 Å². The Hall–Kier alpha value is -3.53. The van der Waals surface area contributed by atoms with Gasteiger partial charge in [-0.2, -0.15) is 10.1 Å². The van der Waals surface area contributed by atoms with E-state index in [0.717, 1.165) is 11.1 Å². The third-order valence-corrected chi connectivity index (χ3v) is 5.00. The highest BCUT2D eigenvalue weighted by Crippen LogP contribution is 2.32. The maximum atomic E-state index is 13.4. The number of carbonyl (C=O) groups is 1. The Morgan fingerprint density at radius 2 is 2.09 bits per heavy atom. The summed E-state index contributed by atoms with van der Waals surface area (Å²) < 4.78 is 20.9. The fourth-order valence-electron chi connectivity index (χ4n) is 3.51. The van der Waals surface area contributed by atoms with Gasteiger partial charge in [-0.05, 0) is 38.5 Å². The van der Waals surface area contributed by atoms with Crippen molar-refractivity contribution in [2.45, 2.75) is 46.2 Å². The first-order valence-electron chi connectivity index (χ1n) is 10.4. The van der Waals surface area contributed by atoms with E-state index in [-0.39, 0.29) is 17.8 Å². The van der Waals surface area contributed by atoms with Crippen LogP contribution < -0.4 is 15.5 Å². The van der Waals surface area contributed by atoms with E-state index in [4.69, 9.17) is 4.74 Å². The fraction of sp³-hybridized carbons (Fsp3) is 0.364. The molecule has 10 heteroatoms. The predicted molar refractivity (Wildman–Crippen MR) is 119 cm³/mol. The van der Waals surface area contributed by atoms with E-state index < -0.39 is 6.23 Å². The third kappa shape index (κ3) is 4.70. The number of anilines is 3. The van der Waals surface area contributed by atoms with Crippen LogP contribution in [-0.4, -0.2) is 45.0 Å². The third-order valence-electron chi connectivity index (χ3n) is 5.00. The van der Waals surface area contributed by atoms with Gasteiger partial charge in [0.1, 0.15) is 11.5 Å². The zero-order chi connectivity index (χ0) is 22.8. The molecule has 0 fully saturated rings. The number of amides is 1. The SMILES string of the molecule is Cc1nc(NCc2cnn(Cc3cccc(F)c3)c2)nc2c1NC(=O)C(OC(C)C)N2C. The summed E-state index contributed by atoms with van der Waals surface area (Å²) >= 11 is 0. The Morgan fingerprint density at radius 1 is 1.28 bits per heavy atom. The van der Waals surface area contributed by atoms with E-state index in [9.17, 15) is 9.18 Å². The number of rotatable bonds is 7. The summed E-state index contributed by atoms with van der Waals surface area (Å²) in [4.78, 5) is 23.2. The maximum Gasteiger partial charge on any atom is 0.274 e. The van der Waals surface area contributed by atoms with Gasteiger partial charge in [0.05, 0.1) is 24.5 Å². The summed E-state index contributed by atoms with van der Waals surface area (Å²) in [5.41, 5.74) is 3.00. The summed E-state index contributed by atoms with van der Waals surface area (Å²) in [5, 5.41) is 10.4. The molecule has 0 bridgehead atoms. The first kappa shape index (κ1) is 21.7. The lowest BCUT2D eigenvalue weighted by Crippen LogP contribution is -2.49. The van der Waals surface area contributed by atoms with Crippen LogP contribution in [0.15, 0.2) is 36.7 Å². The quantitative estimate of drug-likeness (QED) is 0.584. The Bertz CT molecular complexity index is 1130. The molecule has 0 spiro atoms. The normalized spacial score (nSPS) is 15.6. The topological polar surface area (TPSA) is 97.2 Å². The predicted octanol–water partition coefficient (Wildman–Crippen LogP) is 2.92. The molecule has 1 aliphatic heterocycles. The number of carbonyl (C=O) groups excluding carboxylic acids is 1. The number of ether oxygens (including phenoxy) is 1. The minimum atomic E-state index is -0.759. The molecule has 9 nitrogen and oxygen atoms in total. The highest BCUT2D eigenvalue weighted by Gasteiger charge is 2.34. The van der Waals surface area contributed by atoms with Crippen LogP contribution in [0.5, 0.6) is 0 Å². The van der Waals surface area contributed by atoms with Gasteiger partial charge >= 0.3 is 0 Å². The summed E-state index contributed by atoms with van der Waals surface area (Å²) in [6.07, 6.45) is 2.77. The van der Waals surface area contributed by atoms with E-state index in [1.807, 2.05) is 33.0 Å². The van der Waals surface area contributed by atoms with Crippen LogP contribution in [0.2, 0.25) is 0 Å². The molecule has 0 saturated heterocycles. The Balaban J connectivity index is 1.46. The molecule has 168 valence electrons. The second kappa shape index (κ2) is 8.91. The number of nitrogens with one attached hydrogen (secondary N) is 2. The Morgan fingerprint density at radius 3 is 2.84 bits per heavy atom. The molecule has 2 aromatic heterocycles. The van der Waals surface area contributed by atoms with Crippen LogP contribution in [-0.2, 0) is 22.6 Å². The lowest BCUT2D eigenvalue weighted by molar-refractivity contribution is -0.130. The highest BCUT2D eigenvalue weighted by atomic mass is 19.1. The Kier molecular flexibility index (Phi) is 6.04. The molecule has 3 heterocycles. The molecule has 32 heavy (non-hydrogen) atoms. The summed E-state index contributed by atoms with van der Waals surface area (Å²) in [7, 11) is 1.78. The van der Waals surface area contributed by atoms with Crippen molar-refractivity contribution in [3.63, 3.8) is 0 Å². The summed E-state index contributed by atoms with van der Waals surface area (Å²) in [6, 6.07) is 6.46. The van der Waals surface area contributed by atoms with Gasteiger partial charge in [0, 0.05) is 25.4 Å². The largest absolute Gasteiger partial charge is 0.350 e. The molecular formula is C22H26FN7O2. The molecule has 1 aromatic carbocycles. The van der Waals surface area contributed by atoms with Crippen molar-refractivity contribution in [3.8, 4) is 0 Å². The van der Waals surface area contributed by atoms with E-state index in [1.165, 1.54) is 12.1 Å². The van der Waals surface area contributed by atoms with Gasteiger partial charge in [0.2, 0.25) is 12.2 Å². The van der Waals surface area contributed by atoms with Crippen molar-refractivity contribution in [2.24, 2.45) is 0 Å². The number of nitrogens with zero attached hydrogens (tertiary/aromatic N) is 5. The highest BCUT2D eigenvalue weighted by molar-refractivity contribution is 6.02. The molecule has 3 aromatic rings. The lowest BCUT2D eigenvalue weighted by Gasteiger charge is -2.35. The molecular weight excluding hydrogens is 413 g/mol. The monoisotopic (exact) mass is 439 g/mol. The molecule has 0 aliphatic carbocycles. The van der Waals surface area contributed by atoms with Crippen molar-refractivity contribution < 1.29 is 13.9 Å². The first-order valence-corrected chi connectivity index (χ1v) is 10.4. The van der Waals surface area contributed by atoms with Crippen LogP contribution >= 0.6 is 0 Å². The molecule has 0 radical (unpaired) electrons. The van der Waals surface area contributed by atoms with Crippen molar-refractivity contribution in [3.05, 3.63) is 59.3 Å². The van der Waals surface area contributed by atoms with Crippen molar-refractivity contribution in [2.75, 3.05) is 22.6 Å². The smallest absolute Gasteiger partial charge is 0.274 e. The van der Waals surface area contributed by atoms with Gasteiger partial charge in [0.25, 0.3) is 5.91 Å². The van der Waals surface area contributed by atoms with Crippen LogP contribution in [0.25, 0.3) is 0 Å². The fourth-order valence-corrected chi connectivity index (χ4v) is 3.51. The molecule has 4 rings (SSSR count). The van der Waals surface area contributed by atoms with Gasteiger partial charge < -0.3 is 20.3 Å². The number of aryl methyl sites for hydroxylation is 1. The van der Waals surface area contributed by atoms with Crippen LogP contribution in [0.3, 0.4) is 0 Å². The minimum absolute atomic E-state index is 0.112. The zero-order valence-corrected chi connectivity index (χ0v) is 18.5. The van der Waals surface area contributed by atoms with E-state index in [0.29, 0.717) is 36.2 Å². The standard InChI is InChI=1S/C22H26FN7O2/c1-13(2)32-21-20(31)27-18-14(3)26-22(28-19(18)29(21)4)24-9-16-10-25-30(12-16)11-15-6-5-7-17(23)8-15/h5-8,10,12-13,21H,9,11H2,1-4H3,(H,27,31)(H,24,26,28). The van der Waals surface area contributed by atoms with Crippen LogP contribution in [0.1, 0.15) is 30.7 Å². The number of hydrogen-bond acceptors (Lipinski definition) is 7. The van der Waals surface area contributed by atoms with Gasteiger partial charge in [-0.15, -0.1) is 0 Å². The van der Waals surface area contributed by atoms with Crippen LogP contribution in [0.4, 0.5) is 21.8 Å². The van der Waals surface area contributed by atoms with Crippen molar-refractivity contribution in [1.29, 1.82) is 0 Å². The van der Waals surface area contributed by atoms with E-state index in [1.54, 1.807) is 28.9 Å². The van der Waals surface area contributed by atoms with Crippen LogP contribution in [0, 0.1) is 12.7 Å². The van der Waals surface area contributed by atoms with Gasteiger partial charge in [-0.1, -0.05) is 12.1 Å².